The molecule has 0 spiro atoms. The minimum atomic E-state index is -0.216. The van der Waals surface area contributed by atoms with Gasteiger partial charge in [-0.3, -0.25) is 0 Å². The van der Waals surface area contributed by atoms with Gasteiger partial charge in [0.2, 0.25) is 0 Å². The van der Waals surface area contributed by atoms with Gasteiger partial charge in [0.05, 0.1) is 19.3 Å². The van der Waals surface area contributed by atoms with Crippen molar-refractivity contribution in [1.29, 1.82) is 0 Å². The van der Waals surface area contributed by atoms with Crippen LogP contribution in [0.5, 0.6) is 0 Å². The Morgan fingerprint density at radius 1 is 1.23 bits per heavy atom. The molecular formula is C16H26ClN3O2. The summed E-state index contributed by atoms with van der Waals surface area (Å²) in [4.78, 5) is 2.40. The molecule has 2 aliphatic heterocycles. The van der Waals surface area contributed by atoms with Crippen molar-refractivity contribution >= 4 is 18.1 Å². The number of hydrogen-bond donors (Lipinski definition) is 3. The van der Waals surface area contributed by atoms with E-state index in [-0.39, 0.29) is 18.5 Å². The molecule has 2 heterocycles. The minimum Gasteiger partial charge on any atom is -0.391 e. The van der Waals surface area contributed by atoms with Crippen LogP contribution in [0.15, 0.2) is 24.3 Å². The van der Waals surface area contributed by atoms with E-state index in [1.165, 1.54) is 11.3 Å². The first-order valence-electron chi connectivity index (χ1n) is 7.84. The molecule has 0 bridgehead atoms. The molecule has 3 rings (SSSR count). The molecule has 124 valence electrons. The van der Waals surface area contributed by atoms with Crippen LogP contribution >= 0.6 is 12.4 Å². The first kappa shape index (κ1) is 17.5. The fourth-order valence-corrected chi connectivity index (χ4v) is 3.09. The molecule has 0 amide bonds. The molecular weight excluding hydrogens is 302 g/mol. The summed E-state index contributed by atoms with van der Waals surface area (Å²) in [6, 6.07) is 8.56. The second kappa shape index (κ2) is 8.70. The average molecular weight is 328 g/mol. The van der Waals surface area contributed by atoms with Gasteiger partial charge in [0, 0.05) is 50.9 Å². The number of β-amino-alcohol motifs (C(OH)–C–C–N with tert-alkyl or cyclic N) is 1. The van der Waals surface area contributed by atoms with Gasteiger partial charge in [-0.1, -0.05) is 18.2 Å². The third kappa shape index (κ3) is 4.33. The van der Waals surface area contributed by atoms with Gasteiger partial charge in [-0.05, 0) is 11.6 Å². The lowest BCUT2D eigenvalue weighted by Crippen LogP contribution is -2.37. The summed E-state index contributed by atoms with van der Waals surface area (Å²) in [5.41, 5.74) is 2.62. The third-order valence-corrected chi connectivity index (χ3v) is 4.37. The number of nitrogens with zero attached hydrogens (tertiary/aromatic N) is 1. The maximum Gasteiger partial charge on any atom is 0.0716 e. The number of nitrogens with one attached hydrogen (secondary N) is 2. The number of aliphatic hydroxyl groups is 1. The molecule has 1 aromatic carbocycles. The molecule has 0 radical (unpaired) electrons. The molecule has 3 N–H and O–H groups in total. The van der Waals surface area contributed by atoms with E-state index in [0.717, 1.165) is 52.5 Å². The number of benzene rings is 1. The predicted molar refractivity (Wildman–Crippen MR) is 90.8 cm³/mol. The zero-order valence-corrected chi connectivity index (χ0v) is 13.6. The van der Waals surface area contributed by atoms with E-state index >= 15 is 0 Å². The molecule has 2 saturated heterocycles. The third-order valence-electron chi connectivity index (χ3n) is 4.37. The quantitative estimate of drug-likeness (QED) is 0.740. The van der Waals surface area contributed by atoms with Crippen LogP contribution in [-0.2, 0) is 11.3 Å². The summed E-state index contributed by atoms with van der Waals surface area (Å²) < 4.78 is 5.43. The first-order chi connectivity index (χ1) is 10.3. The van der Waals surface area contributed by atoms with E-state index in [1.807, 2.05) is 0 Å². The number of para-hydroxylation sites is 1. The van der Waals surface area contributed by atoms with Crippen molar-refractivity contribution in [2.24, 2.45) is 5.92 Å². The molecule has 2 atom stereocenters. The lowest BCUT2D eigenvalue weighted by Gasteiger charge is -2.30. The van der Waals surface area contributed by atoms with E-state index in [2.05, 4.69) is 39.8 Å². The minimum absolute atomic E-state index is 0. The van der Waals surface area contributed by atoms with E-state index in [4.69, 9.17) is 4.74 Å². The fourth-order valence-electron chi connectivity index (χ4n) is 3.09. The van der Waals surface area contributed by atoms with Crippen molar-refractivity contribution in [1.82, 2.24) is 10.6 Å². The summed E-state index contributed by atoms with van der Waals surface area (Å²) in [6.07, 6.45) is -0.216. The number of morpholine rings is 1. The van der Waals surface area contributed by atoms with Crippen molar-refractivity contribution < 1.29 is 9.84 Å². The summed E-state index contributed by atoms with van der Waals surface area (Å²) in [7, 11) is 0. The largest absolute Gasteiger partial charge is 0.391 e. The Balaban J connectivity index is 0.00000176. The van der Waals surface area contributed by atoms with Gasteiger partial charge in [0.1, 0.15) is 0 Å². The smallest absolute Gasteiger partial charge is 0.0716 e. The highest BCUT2D eigenvalue weighted by atomic mass is 35.5. The van der Waals surface area contributed by atoms with Crippen LogP contribution in [0.2, 0.25) is 0 Å². The Bertz CT molecular complexity index is 455. The van der Waals surface area contributed by atoms with E-state index in [9.17, 15) is 5.11 Å². The van der Waals surface area contributed by atoms with Crippen LogP contribution in [0.1, 0.15) is 5.56 Å². The zero-order valence-electron chi connectivity index (χ0n) is 12.8. The van der Waals surface area contributed by atoms with Gasteiger partial charge in [0.25, 0.3) is 0 Å². The zero-order chi connectivity index (χ0) is 14.5. The van der Waals surface area contributed by atoms with Gasteiger partial charge in [-0.25, -0.2) is 0 Å². The normalized spacial score (nSPS) is 25.0. The first-order valence-corrected chi connectivity index (χ1v) is 7.84. The van der Waals surface area contributed by atoms with Crippen molar-refractivity contribution in [3.05, 3.63) is 29.8 Å². The van der Waals surface area contributed by atoms with Crippen LogP contribution in [0.4, 0.5) is 5.69 Å². The second-order valence-corrected chi connectivity index (χ2v) is 5.84. The van der Waals surface area contributed by atoms with Crippen molar-refractivity contribution in [3.8, 4) is 0 Å². The van der Waals surface area contributed by atoms with Crippen LogP contribution in [0.3, 0.4) is 0 Å². The highest BCUT2D eigenvalue weighted by Gasteiger charge is 2.24. The van der Waals surface area contributed by atoms with Crippen LogP contribution < -0.4 is 15.5 Å². The van der Waals surface area contributed by atoms with Crippen LogP contribution in [-0.4, -0.2) is 57.1 Å². The highest BCUT2D eigenvalue weighted by molar-refractivity contribution is 5.85. The standard InChI is InChI=1S/C16H25N3O2.ClH/c20-16-12-18-11-14(16)10-17-9-13-3-1-2-4-15(13)19-5-7-21-8-6-19;/h1-4,14,16-18,20H,5-12H2;1H. The maximum absolute atomic E-state index is 9.82. The topological polar surface area (TPSA) is 56.8 Å². The number of halogens is 1. The predicted octanol–water partition coefficient (Wildman–Crippen LogP) is 0.615. The number of aliphatic hydroxyl groups excluding tert-OH is 1. The molecule has 5 nitrogen and oxygen atoms in total. The molecule has 0 saturated carbocycles. The van der Waals surface area contributed by atoms with E-state index in [1.54, 1.807) is 0 Å². The van der Waals surface area contributed by atoms with Gasteiger partial charge < -0.3 is 25.4 Å². The summed E-state index contributed by atoms with van der Waals surface area (Å²) in [5, 5.41) is 16.5. The summed E-state index contributed by atoms with van der Waals surface area (Å²) >= 11 is 0. The van der Waals surface area contributed by atoms with Gasteiger partial charge in [0.15, 0.2) is 0 Å². The Labute approximate surface area is 138 Å². The highest BCUT2D eigenvalue weighted by Crippen LogP contribution is 2.21. The molecule has 2 fully saturated rings. The van der Waals surface area contributed by atoms with Gasteiger partial charge in [-0.15, -0.1) is 12.4 Å². The van der Waals surface area contributed by atoms with Gasteiger partial charge >= 0.3 is 0 Å². The SMILES string of the molecule is Cl.OC1CNCC1CNCc1ccccc1N1CCOCC1. The van der Waals surface area contributed by atoms with Crippen molar-refractivity contribution in [2.75, 3.05) is 50.8 Å². The Kier molecular flexibility index (Phi) is 6.92. The molecule has 22 heavy (non-hydrogen) atoms. The van der Waals surface area contributed by atoms with Crippen LogP contribution in [0, 0.1) is 5.92 Å². The van der Waals surface area contributed by atoms with Crippen molar-refractivity contribution in [2.45, 2.75) is 12.6 Å². The van der Waals surface area contributed by atoms with Crippen molar-refractivity contribution in [3.63, 3.8) is 0 Å². The van der Waals surface area contributed by atoms with E-state index in [0.29, 0.717) is 5.92 Å². The Hall–Kier alpha value is -0.850. The fraction of sp³-hybridized carbons (Fsp3) is 0.625. The number of hydrogen-bond acceptors (Lipinski definition) is 5. The summed E-state index contributed by atoms with van der Waals surface area (Å²) in [6.45, 7) is 6.85. The average Bonchev–Trinajstić information content (AvgIpc) is 2.94. The summed E-state index contributed by atoms with van der Waals surface area (Å²) in [5.74, 6) is 0.320. The maximum atomic E-state index is 9.82. The molecule has 1 aromatic rings. The molecule has 0 aliphatic carbocycles. The molecule has 6 heteroatoms. The Morgan fingerprint density at radius 3 is 2.73 bits per heavy atom. The monoisotopic (exact) mass is 327 g/mol. The Morgan fingerprint density at radius 2 is 2.00 bits per heavy atom. The molecule has 2 aliphatic rings. The van der Waals surface area contributed by atoms with Gasteiger partial charge in [-0.2, -0.15) is 0 Å². The van der Waals surface area contributed by atoms with E-state index < -0.39 is 0 Å². The number of ether oxygens (including phenoxy) is 1. The number of rotatable bonds is 5. The molecule has 2 unspecified atom stereocenters. The van der Waals surface area contributed by atoms with Crippen LogP contribution in [0.25, 0.3) is 0 Å². The lowest BCUT2D eigenvalue weighted by atomic mass is 10.1. The molecule has 0 aromatic heterocycles. The number of anilines is 1. The second-order valence-electron chi connectivity index (χ2n) is 5.84. The lowest BCUT2D eigenvalue weighted by molar-refractivity contribution is 0.122.